The summed E-state index contributed by atoms with van der Waals surface area (Å²) < 4.78 is 11.1. The molecule has 0 spiro atoms. The lowest BCUT2D eigenvalue weighted by molar-refractivity contribution is 0.103. The van der Waals surface area contributed by atoms with E-state index in [-0.39, 0.29) is 23.2 Å². The van der Waals surface area contributed by atoms with Gasteiger partial charge in [-0.1, -0.05) is 13.8 Å². The van der Waals surface area contributed by atoms with Gasteiger partial charge < -0.3 is 14.6 Å². The van der Waals surface area contributed by atoms with Crippen LogP contribution in [-0.2, 0) is 0 Å². The van der Waals surface area contributed by atoms with Crippen LogP contribution in [0, 0.1) is 12.0 Å². The summed E-state index contributed by atoms with van der Waals surface area (Å²) in [5.74, 6) is 1.19. The summed E-state index contributed by atoms with van der Waals surface area (Å²) in [7, 11) is 0. The number of hydrogen-bond donors (Lipinski definition) is 1. The van der Waals surface area contributed by atoms with Crippen LogP contribution in [-0.4, -0.2) is 23.6 Å². The molecule has 4 nitrogen and oxygen atoms in total. The number of aromatic hydroxyl groups is 1. The Morgan fingerprint density at radius 2 is 1.92 bits per heavy atom. The Labute approximate surface area is 143 Å². The molecule has 2 rings (SSSR count). The number of carbonyl (C=O) groups is 1. The molecule has 0 atom stereocenters. The van der Waals surface area contributed by atoms with E-state index in [1.54, 1.807) is 30.3 Å². The minimum absolute atomic E-state index is 0.000986. The van der Waals surface area contributed by atoms with E-state index in [1.807, 2.05) is 13.8 Å². The van der Waals surface area contributed by atoms with E-state index in [1.165, 1.54) is 6.07 Å². The fourth-order valence-electron chi connectivity index (χ4n) is 2.10. The van der Waals surface area contributed by atoms with Crippen LogP contribution in [0.4, 0.5) is 0 Å². The number of ketones is 1. The second-order valence-electron chi connectivity index (χ2n) is 6.32. The monoisotopic (exact) mass is 327 g/mol. The first-order valence-corrected chi connectivity index (χ1v) is 8.05. The number of phenols is 1. The smallest absolute Gasteiger partial charge is 0.196 e. The number of phenolic OH excluding ortho intramolecular Hbond substituents is 1. The van der Waals surface area contributed by atoms with E-state index in [0.29, 0.717) is 29.6 Å². The lowest BCUT2D eigenvalue weighted by Gasteiger charge is -2.12. The molecule has 0 saturated heterocycles. The van der Waals surface area contributed by atoms with Gasteiger partial charge in [0.05, 0.1) is 18.3 Å². The van der Waals surface area contributed by atoms with Crippen molar-refractivity contribution in [1.82, 2.24) is 0 Å². The van der Waals surface area contributed by atoms with Gasteiger partial charge in [-0.3, -0.25) is 4.79 Å². The van der Waals surface area contributed by atoms with Crippen molar-refractivity contribution in [3.8, 4) is 17.2 Å². The van der Waals surface area contributed by atoms with Gasteiger partial charge in [-0.2, -0.15) is 0 Å². The van der Waals surface area contributed by atoms with Crippen molar-refractivity contribution in [3.63, 3.8) is 0 Å². The van der Waals surface area contributed by atoms with Crippen LogP contribution in [0.2, 0.25) is 0 Å². The van der Waals surface area contributed by atoms with Crippen LogP contribution in [0.15, 0.2) is 36.4 Å². The molecule has 1 radical (unpaired) electrons. The quantitative estimate of drug-likeness (QED) is 0.773. The van der Waals surface area contributed by atoms with Gasteiger partial charge in [-0.15, -0.1) is 0 Å². The Morgan fingerprint density at radius 1 is 1.17 bits per heavy atom. The minimum Gasteiger partial charge on any atom is -0.507 e. The predicted molar refractivity (Wildman–Crippen MR) is 92.9 cm³/mol. The first-order chi connectivity index (χ1) is 11.4. The van der Waals surface area contributed by atoms with Gasteiger partial charge in [-0.05, 0) is 50.1 Å². The summed E-state index contributed by atoms with van der Waals surface area (Å²) in [5, 5.41) is 10.1. The fourth-order valence-corrected chi connectivity index (χ4v) is 2.10. The molecule has 4 heteroatoms. The van der Waals surface area contributed by atoms with Gasteiger partial charge in [-0.25, -0.2) is 0 Å². The molecule has 127 valence electrons. The molecule has 0 fully saturated rings. The highest BCUT2D eigenvalue weighted by molar-refractivity contribution is 6.10. The van der Waals surface area contributed by atoms with Crippen LogP contribution >= 0.6 is 0 Å². The van der Waals surface area contributed by atoms with Crippen LogP contribution < -0.4 is 9.47 Å². The van der Waals surface area contributed by atoms with Crippen molar-refractivity contribution in [2.45, 2.75) is 33.8 Å². The van der Waals surface area contributed by atoms with E-state index in [0.717, 1.165) is 0 Å². The molecule has 0 unspecified atom stereocenters. The van der Waals surface area contributed by atoms with Crippen LogP contribution in [0.3, 0.4) is 0 Å². The average molecular weight is 327 g/mol. The highest BCUT2D eigenvalue weighted by atomic mass is 16.5. The summed E-state index contributed by atoms with van der Waals surface area (Å²) >= 11 is 0. The molecule has 0 saturated carbocycles. The molecular weight excluding hydrogens is 304 g/mol. The third kappa shape index (κ3) is 4.75. The van der Waals surface area contributed by atoms with E-state index in [4.69, 9.17) is 9.47 Å². The van der Waals surface area contributed by atoms with E-state index >= 15 is 0 Å². The number of carbonyl (C=O) groups excluding carboxylic acids is 1. The zero-order chi connectivity index (χ0) is 17.7. The van der Waals surface area contributed by atoms with Crippen LogP contribution in [0.5, 0.6) is 17.2 Å². The predicted octanol–water partition coefficient (Wildman–Crippen LogP) is 4.25. The topological polar surface area (TPSA) is 55.8 Å². The van der Waals surface area contributed by atoms with Crippen molar-refractivity contribution in [2.24, 2.45) is 5.92 Å². The normalized spacial score (nSPS) is 10.9. The molecule has 0 aliphatic carbocycles. The Hall–Kier alpha value is -2.49. The molecule has 0 aliphatic heterocycles. The van der Waals surface area contributed by atoms with Gasteiger partial charge in [0.25, 0.3) is 0 Å². The highest BCUT2D eigenvalue weighted by Crippen LogP contribution is 2.27. The average Bonchev–Trinajstić information content (AvgIpc) is 2.52. The van der Waals surface area contributed by atoms with E-state index in [9.17, 15) is 9.90 Å². The van der Waals surface area contributed by atoms with E-state index in [2.05, 4.69) is 19.9 Å². The molecule has 0 heterocycles. The Bertz CT molecular complexity index is 687. The van der Waals surface area contributed by atoms with Crippen molar-refractivity contribution < 1.29 is 19.4 Å². The number of ether oxygens (including phenoxy) is 2. The third-order valence-electron chi connectivity index (χ3n) is 3.20. The maximum absolute atomic E-state index is 12.5. The first kappa shape index (κ1) is 17.9. The molecule has 2 aromatic carbocycles. The summed E-state index contributed by atoms with van der Waals surface area (Å²) in [6.45, 7) is 8.52. The molecule has 0 amide bonds. The Balaban J connectivity index is 2.13. The largest absolute Gasteiger partial charge is 0.507 e. The second-order valence-corrected chi connectivity index (χ2v) is 6.32. The van der Waals surface area contributed by atoms with Crippen molar-refractivity contribution in [2.75, 3.05) is 6.61 Å². The van der Waals surface area contributed by atoms with Crippen molar-refractivity contribution in [1.29, 1.82) is 0 Å². The third-order valence-corrected chi connectivity index (χ3v) is 3.20. The lowest BCUT2D eigenvalue weighted by atomic mass is 10.0. The van der Waals surface area contributed by atoms with Gasteiger partial charge in [0.1, 0.15) is 17.2 Å². The van der Waals surface area contributed by atoms with Gasteiger partial charge in [0.15, 0.2) is 5.78 Å². The molecule has 1 N–H and O–H groups in total. The SMILES string of the molecule is CC(C)COc1[c]cc(C(=O)c2ccc(OC(C)C)cc2O)cc1. The Morgan fingerprint density at radius 3 is 2.46 bits per heavy atom. The zero-order valence-electron chi connectivity index (χ0n) is 14.5. The molecule has 0 aromatic heterocycles. The molecular formula is C20H23O4. The maximum atomic E-state index is 12.5. The van der Waals surface area contributed by atoms with Gasteiger partial charge >= 0.3 is 0 Å². The highest BCUT2D eigenvalue weighted by Gasteiger charge is 2.15. The van der Waals surface area contributed by atoms with E-state index < -0.39 is 0 Å². The summed E-state index contributed by atoms with van der Waals surface area (Å²) in [6.07, 6.45) is -0.000986. The first-order valence-electron chi connectivity index (χ1n) is 8.05. The van der Waals surface area contributed by atoms with Gasteiger partial charge in [0.2, 0.25) is 0 Å². The fraction of sp³-hybridized carbons (Fsp3) is 0.350. The lowest BCUT2D eigenvalue weighted by Crippen LogP contribution is -2.07. The van der Waals surface area contributed by atoms with Gasteiger partial charge in [0, 0.05) is 17.7 Å². The Kier molecular flexibility index (Phi) is 5.85. The second kappa shape index (κ2) is 7.86. The summed E-state index contributed by atoms with van der Waals surface area (Å²) in [5.41, 5.74) is 0.676. The molecule has 0 bridgehead atoms. The zero-order valence-corrected chi connectivity index (χ0v) is 14.5. The number of benzene rings is 2. The van der Waals surface area contributed by atoms with Crippen LogP contribution in [0.25, 0.3) is 0 Å². The minimum atomic E-state index is -0.268. The number of hydrogen-bond acceptors (Lipinski definition) is 4. The van der Waals surface area contributed by atoms with Crippen molar-refractivity contribution in [3.05, 3.63) is 53.6 Å². The molecule has 0 aliphatic rings. The van der Waals surface area contributed by atoms with Crippen LogP contribution in [0.1, 0.15) is 43.6 Å². The standard InChI is InChI=1S/C20H23O4/c1-13(2)12-23-16-7-5-15(6-8-16)20(22)18-10-9-17(11-19(18)21)24-14(3)4/h5-7,9-11,13-14,21H,12H2,1-4H3. The number of rotatable bonds is 7. The summed E-state index contributed by atoms with van der Waals surface area (Å²) in [4.78, 5) is 12.5. The molecule has 24 heavy (non-hydrogen) atoms. The molecule has 2 aromatic rings. The maximum Gasteiger partial charge on any atom is 0.196 e. The van der Waals surface area contributed by atoms with Crippen molar-refractivity contribution >= 4 is 5.78 Å². The summed E-state index contributed by atoms with van der Waals surface area (Å²) in [6, 6.07) is 12.6.